The molecule has 2 atom stereocenters. The number of carbonyl (C=O) groups excluding carboxylic acids is 3. The minimum Gasteiger partial charge on any atom is -0.474 e. The van der Waals surface area contributed by atoms with E-state index in [0.29, 0.717) is 35.0 Å². The molecule has 47 heavy (non-hydrogen) atoms. The number of amides is 4. The van der Waals surface area contributed by atoms with Crippen molar-refractivity contribution in [3.8, 4) is 23.1 Å². The van der Waals surface area contributed by atoms with Gasteiger partial charge in [-0.15, -0.1) is 0 Å². The van der Waals surface area contributed by atoms with Crippen LogP contribution >= 0.6 is 0 Å². The van der Waals surface area contributed by atoms with E-state index in [-0.39, 0.29) is 41.5 Å². The number of anilines is 3. The number of nitriles is 1. The van der Waals surface area contributed by atoms with Gasteiger partial charge in [0.1, 0.15) is 29.3 Å². The molecule has 0 spiro atoms. The standard InChI is InChI=1S/C33H38FN7O6/c1-17-21(15-38-28-27(17)40(10-11-45-28)31(44)47-33(5,6)7)20-12-19-13-24(41(29(36)42)23-9-8-18(23)14-35)37-16-22(19)26(25(20)34)39-30(43)46-32(2,3)4/h12-13,15-16,18,23H,8-11H2,1-7H3,(H2,36,42)(H,39,43). The lowest BCUT2D eigenvalue weighted by atomic mass is 9.79. The second kappa shape index (κ2) is 12.2. The molecule has 0 radical (unpaired) electrons. The molecule has 3 heterocycles. The molecule has 0 saturated heterocycles. The van der Waals surface area contributed by atoms with Gasteiger partial charge in [-0.1, -0.05) is 0 Å². The summed E-state index contributed by atoms with van der Waals surface area (Å²) in [6, 6.07) is 4.03. The van der Waals surface area contributed by atoms with Gasteiger partial charge in [-0.2, -0.15) is 5.26 Å². The van der Waals surface area contributed by atoms with E-state index >= 15 is 4.39 Å². The SMILES string of the molecule is Cc1c(-c2cc3cc(N(C(N)=O)C4CCC4C#N)ncc3c(NC(=O)OC(C)(C)C)c2F)cnc2c1N(C(=O)OC(C)(C)C)CCO2. The van der Waals surface area contributed by atoms with E-state index in [9.17, 15) is 19.6 Å². The molecule has 13 nitrogen and oxygen atoms in total. The quantitative estimate of drug-likeness (QED) is 0.324. The van der Waals surface area contributed by atoms with Crippen LogP contribution in [0.4, 0.5) is 36.0 Å². The fourth-order valence-corrected chi connectivity index (χ4v) is 5.61. The third kappa shape index (κ3) is 6.70. The Morgan fingerprint density at radius 1 is 1.09 bits per heavy atom. The number of nitrogens with two attached hydrogens (primary N) is 1. The number of ether oxygens (including phenoxy) is 3. The third-order valence-corrected chi connectivity index (χ3v) is 7.79. The average Bonchev–Trinajstić information content (AvgIpc) is 2.94. The van der Waals surface area contributed by atoms with Crippen LogP contribution in [0.15, 0.2) is 24.5 Å². The summed E-state index contributed by atoms with van der Waals surface area (Å²) >= 11 is 0. The number of nitrogens with zero attached hydrogens (tertiary/aromatic N) is 5. The van der Waals surface area contributed by atoms with Crippen LogP contribution in [0.3, 0.4) is 0 Å². The van der Waals surface area contributed by atoms with Crippen molar-refractivity contribution in [3.63, 3.8) is 0 Å². The highest BCUT2D eigenvalue weighted by atomic mass is 19.1. The normalized spacial score (nSPS) is 17.5. The molecule has 3 aromatic rings. The van der Waals surface area contributed by atoms with E-state index in [1.807, 2.05) is 0 Å². The second-order valence-corrected chi connectivity index (χ2v) is 13.5. The molecule has 1 saturated carbocycles. The molecule has 248 valence electrons. The molecule has 1 aliphatic heterocycles. The highest BCUT2D eigenvalue weighted by molar-refractivity contribution is 6.05. The van der Waals surface area contributed by atoms with Crippen LogP contribution in [0.1, 0.15) is 59.9 Å². The molecule has 2 aromatic heterocycles. The second-order valence-electron chi connectivity index (χ2n) is 13.5. The van der Waals surface area contributed by atoms with Crippen molar-refractivity contribution in [1.29, 1.82) is 5.26 Å². The van der Waals surface area contributed by atoms with E-state index in [1.165, 1.54) is 28.3 Å². The number of benzene rings is 1. The van der Waals surface area contributed by atoms with Crippen molar-refractivity contribution in [3.05, 3.63) is 35.9 Å². The first-order chi connectivity index (χ1) is 22.0. The van der Waals surface area contributed by atoms with Gasteiger partial charge in [-0.05, 0) is 84.4 Å². The molecule has 2 aliphatic rings. The molecular formula is C33H38FN7O6. The third-order valence-electron chi connectivity index (χ3n) is 7.79. The zero-order chi connectivity index (χ0) is 34.4. The molecule has 1 aromatic carbocycles. The number of halogens is 1. The fourth-order valence-electron chi connectivity index (χ4n) is 5.61. The maximum absolute atomic E-state index is 16.7. The number of carbonyl (C=O) groups is 3. The lowest BCUT2D eigenvalue weighted by molar-refractivity contribution is 0.0564. The predicted molar refractivity (Wildman–Crippen MR) is 173 cm³/mol. The zero-order valence-electron chi connectivity index (χ0n) is 27.4. The van der Waals surface area contributed by atoms with Crippen LogP contribution in [-0.4, -0.2) is 58.6 Å². The molecule has 0 bridgehead atoms. The number of rotatable bonds is 4. The smallest absolute Gasteiger partial charge is 0.415 e. The van der Waals surface area contributed by atoms with E-state index in [0.717, 1.165) is 0 Å². The number of hydrogen-bond donors (Lipinski definition) is 2. The first-order valence-electron chi connectivity index (χ1n) is 15.2. The minimum atomic E-state index is -0.895. The largest absolute Gasteiger partial charge is 0.474 e. The summed E-state index contributed by atoms with van der Waals surface area (Å²) in [5.74, 6) is -0.862. The topological polar surface area (TPSA) is 173 Å². The number of primary amides is 1. The van der Waals surface area contributed by atoms with E-state index in [1.54, 1.807) is 54.5 Å². The Morgan fingerprint density at radius 2 is 1.79 bits per heavy atom. The van der Waals surface area contributed by atoms with Crippen molar-refractivity contribution < 1.29 is 33.0 Å². The molecule has 1 aliphatic carbocycles. The van der Waals surface area contributed by atoms with Crippen LogP contribution in [0.5, 0.6) is 5.88 Å². The molecule has 1 fully saturated rings. The monoisotopic (exact) mass is 647 g/mol. The Hall–Kier alpha value is -5.19. The lowest BCUT2D eigenvalue weighted by Gasteiger charge is -2.39. The van der Waals surface area contributed by atoms with Gasteiger partial charge < -0.3 is 19.9 Å². The summed E-state index contributed by atoms with van der Waals surface area (Å²) in [5.41, 5.74) is 5.03. The highest BCUT2D eigenvalue weighted by Gasteiger charge is 2.39. The summed E-state index contributed by atoms with van der Waals surface area (Å²) in [4.78, 5) is 50.2. The van der Waals surface area contributed by atoms with Crippen molar-refractivity contribution in [2.24, 2.45) is 11.7 Å². The summed E-state index contributed by atoms with van der Waals surface area (Å²) in [6.07, 6.45) is 2.44. The average molecular weight is 648 g/mol. The van der Waals surface area contributed by atoms with Gasteiger partial charge in [0, 0.05) is 28.9 Å². The van der Waals surface area contributed by atoms with E-state index in [4.69, 9.17) is 19.9 Å². The number of fused-ring (bicyclic) bond motifs is 2. The van der Waals surface area contributed by atoms with Gasteiger partial charge in [0.25, 0.3) is 0 Å². The molecule has 5 rings (SSSR count). The molecule has 2 unspecified atom stereocenters. The first kappa shape index (κ1) is 33.2. The van der Waals surface area contributed by atoms with Crippen LogP contribution in [0.25, 0.3) is 21.9 Å². The van der Waals surface area contributed by atoms with Crippen molar-refractivity contribution >= 4 is 46.2 Å². The summed E-state index contributed by atoms with van der Waals surface area (Å²) < 4.78 is 33.4. The molecule has 14 heteroatoms. The van der Waals surface area contributed by atoms with Gasteiger partial charge in [0.2, 0.25) is 5.88 Å². The number of aromatic nitrogens is 2. The fraction of sp³-hybridized carbons (Fsp3) is 0.455. The van der Waals surface area contributed by atoms with Crippen molar-refractivity contribution in [2.45, 2.75) is 78.6 Å². The number of nitrogens with one attached hydrogen (secondary N) is 1. The summed E-state index contributed by atoms with van der Waals surface area (Å²) in [5, 5.41) is 12.7. The van der Waals surface area contributed by atoms with E-state index < -0.39 is 47.2 Å². The molecule has 3 N–H and O–H groups in total. The zero-order valence-corrected chi connectivity index (χ0v) is 27.4. The van der Waals surface area contributed by atoms with Gasteiger partial charge in [0.15, 0.2) is 5.82 Å². The Labute approximate surface area is 271 Å². The van der Waals surface area contributed by atoms with Crippen molar-refractivity contribution in [2.75, 3.05) is 28.3 Å². The summed E-state index contributed by atoms with van der Waals surface area (Å²) in [6.45, 7) is 12.4. The number of hydrogen-bond acceptors (Lipinski definition) is 9. The van der Waals surface area contributed by atoms with Gasteiger partial charge in [-0.25, -0.2) is 28.7 Å². The minimum absolute atomic E-state index is 0.0346. The predicted octanol–water partition coefficient (Wildman–Crippen LogP) is 6.41. The summed E-state index contributed by atoms with van der Waals surface area (Å²) in [7, 11) is 0. The van der Waals surface area contributed by atoms with E-state index in [2.05, 4.69) is 21.4 Å². The lowest BCUT2D eigenvalue weighted by Crippen LogP contribution is -2.52. The Balaban J connectivity index is 1.69. The van der Waals surface area contributed by atoms with Crippen LogP contribution in [0.2, 0.25) is 0 Å². The van der Waals surface area contributed by atoms with Crippen LogP contribution < -0.4 is 25.6 Å². The maximum Gasteiger partial charge on any atom is 0.415 e. The van der Waals surface area contributed by atoms with Crippen LogP contribution in [-0.2, 0) is 9.47 Å². The van der Waals surface area contributed by atoms with Gasteiger partial charge >= 0.3 is 18.2 Å². The first-order valence-corrected chi connectivity index (χ1v) is 15.2. The number of pyridine rings is 2. The molecule has 4 amide bonds. The highest BCUT2D eigenvalue weighted by Crippen LogP contribution is 2.43. The Morgan fingerprint density at radius 3 is 2.38 bits per heavy atom. The van der Waals surface area contributed by atoms with Crippen molar-refractivity contribution in [1.82, 2.24) is 9.97 Å². The molecular weight excluding hydrogens is 609 g/mol. The van der Waals surface area contributed by atoms with Gasteiger partial charge in [-0.3, -0.25) is 15.1 Å². The Bertz CT molecular complexity index is 1810. The Kier molecular flexibility index (Phi) is 8.61. The maximum atomic E-state index is 16.7. The van der Waals surface area contributed by atoms with Gasteiger partial charge in [0.05, 0.1) is 30.3 Å². The number of urea groups is 1. The van der Waals surface area contributed by atoms with Crippen LogP contribution in [0, 0.1) is 30.0 Å².